The Morgan fingerprint density at radius 3 is 2.63 bits per heavy atom. The number of nitrogens with zero attached hydrogens (tertiary/aromatic N) is 4. The Morgan fingerprint density at radius 2 is 1.93 bits per heavy atom. The lowest BCUT2D eigenvalue weighted by molar-refractivity contribution is -0.168. The van der Waals surface area contributed by atoms with Crippen LogP contribution in [0, 0.1) is 18.3 Å². The van der Waals surface area contributed by atoms with Crippen LogP contribution in [0.15, 0.2) is 12.4 Å². The van der Waals surface area contributed by atoms with E-state index in [1.165, 1.54) is 0 Å². The van der Waals surface area contributed by atoms with Crippen LogP contribution in [-0.4, -0.2) is 83.7 Å². The van der Waals surface area contributed by atoms with Crippen molar-refractivity contribution in [2.75, 3.05) is 46.0 Å². The van der Waals surface area contributed by atoms with Gasteiger partial charge in [-0.25, -0.2) is 9.97 Å². The number of aromatic nitrogens is 2. The normalized spacial score (nSPS) is 29.9. The first-order valence-electron chi connectivity index (χ1n) is 11.1. The summed E-state index contributed by atoms with van der Waals surface area (Å²) in [7, 11) is 0. The van der Waals surface area contributed by atoms with E-state index in [0.29, 0.717) is 37.1 Å². The molecule has 1 aromatic rings. The van der Waals surface area contributed by atoms with Crippen molar-refractivity contribution in [2.45, 2.75) is 45.6 Å². The Morgan fingerprint density at radius 1 is 1.20 bits per heavy atom. The van der Waals surface area contributed by atoms with Gasteiger partial charge in [0, 0.05) is 44.6 Å². The molecule has 164 valence electrons. The first kappa shape index (κ1) is 21.2. The molecule has 0 unspecified atom stereocenters. The van der Waals surface area contributed by atoms with E-state index in [4.69, 9.17) is 9.47 Å². The van der Waals surface area contributed by atoms with Gasteiger partial charge in [0.2, 0.25) is 0 Å². The maximum Gasteiger partial charge on any atom is 0.314 e. The van der Waals surface area contributed by atoms with E-state index in [0.717, 1.165) is 52.0 Å². The van der Waals surface area contributed by atoms with E-state index >= 15 is 0 Å². The number of carbonyl (C=O) groups excluding carboxylic acids is 2. The van der Waals surface area contributed by atoms with E-state index in [1.54, 1.807) is 24.2 Å². The Balaban J connectivity index is 1.52. The van der Waals surface area contributed by atoms with Crippen LogP contribution in [0.1, 0.15) is 48.8 Å². The molecule has 3 fully saturated rings. The summed E-state index contributed by atoms with van der Waals surface area (Å²) in [5.74, 6) is 0.617. The van der Waals surface area contributed by atoms with Crippen molar-refractivity contribution in [3.05, 3.63) is 23.8 Å². The molecule has 4 rings (SSSR count). The molecule has 1 aromatic heterocycles. The van der Waals surface area contributed by atoms with E-state index in [1.807, 2.05) is 6.92 Å². The molecule has 2 saturated heterocycles. The third-order valence-electron chi connectivity index (χ3n) is 7.04. The van der Waals surface area contributed by atoms with E-state index in [2.05, 4.69) is 14.9 Å². The summed E-state index contributed by atoms with van der Waals surface area (Å²) in [5, 5.41) is 0. The number of aryl methyl sites for hydroxylation is 1. The zero-order valence-electron chi connectivity index (χ0n) is 18.0. The van der Waals surface area contributed by atoms with Gasteiger partial charge in [-0.1, -0.05) is 0 Å². The highest BCUT2D eigenvalue weighted by atomic mass is 16.5. The number of carbonyl (C=O) groups is 2. The lowest BCUT2D eigenvalue weighted by atomic mass is 9.61. The number of hydrogen-bond donors (Lipinski definition) is 0. The molecule has 8 nitrogen and oxygen atoms in total. The molecule has 2 aliphatic heterocycles. The summed E-state index contributed by atoms with van der Waals surface area (Å²) < 4.78 is 11.0. The molecule has 0 radical (unpaired) electrons. The van der Waals surface area contributed by atoms with Crippen molar-refractivity contribution in [1.82, 2.24) is 19.8 Å². The fourth-order valence-corrected chi connectivity index (χ4v) is 5.38. The first-order valence-corrected chi connectivity index (χ1v) is 11.1. The summed E-state index contributed by atoms with van der Waals surface area (Å²) in [6.07, 6.45) is 6.65. The van der Waals surface area contributed by atoms with Gasteiger partial charge in [0.1, 0.15) is 5.82 Å². The minimum Gasteiger partial charge on any atom is -0.466 e. The predicted molar refractivity (Wildman–Crippen MR) is 110 cm³/mol. The van der Waals surface area contributed by atoms with Gasteiger partial charge >= 0.3 is 5.97 Å². The first-order chi connectivity index (χ1) is 14.5. The number of ether oxygens (including phenoxy) is 2. The molecular formula is C22H32N4O4. The highest BCUT2D eigenvalue weighted by Crippen LogP contribution is 2.48. The summed E-state index contributed by atoms with van der Waals surface area (Å²) in [4.78, 5) is 38.9. The molecule has 0 bridgehead atoms. The lowest BCUT2D eigenvalue weighted by Crippen LogP contribution is -2.59. The largest absolute Gasteiger partial charge is 0.466 e. The topological polar surface area (TPSA) is 84.9 Å². The highest BCUT2D eigenvalue weighted by Gasteiger charge is 2.54. The van der Waals surface area contributed by atoms with Crippen molar-refractivity contribution in [3.63, 3.8) is 0 Å². The molecule has 8 heteroatoms. The monoisotopic (exact) mass is 416 g/mol. The predicted octanol–water partition coefficient (Wildman–Crippen LogP) is 1.68. The van der Waals surface area contributed by atoms with Gasteiger partial charge in [-0.3, -0.25) is 14.5 Å². The van der Waals surface area contributed by atoms with Crippen molar-refractivity contribution in [1.29, 1.82) is 0 Å². The van der Waals surface area contributed by atoms with Gasteiger partial charge in [-0.05, 0) is 45.4 Å². The van der Waals surface area contributed by atoms with Crippen LogP contribution in [0.5, 0.6) is 0 Å². The van der Waals surface area contributed by atoms with Crippen LogP contribution in [0.4, 0.5) is 0 Å². The Labute approximate surface area is 177 Å². The van der Waals surface area contributed by atoms with Gasteiger partial charge in [-0.2, -0.15) is 0 Å². The van der Waals surface area contributed by atoms with Gasteiger partial charge in [0.15, 0.2) is 0 Å². The molecule has 0 spiro atoms. The minimum absolute atomic E-state index is 0.104. The van der Waals surface area contributed by atoms with Crippen molar-refractivity contribution in [3.8, 4) is 0 Å². The maximum atomic E-state index is 13.2. The number of amides is 1. The molecular weight excluding hydrogens is 384 g/mol. The number of hydrogen-bond acceptors (Lipinski definition) is 7. The highest BCUT2D eigenvalue weighted by molar-refractivity contribution is 5.94. The second-order valence-electron chi connectivity index (χ2n) is 8.68. The van der Waals surface area contributed by atoms with Crippen LogP contribution < -0.4 is 0 Å². The summed E-state index contributed by atoms with van der Waals surface area (Å²) in [6, 6.07) is 0.481. The molecule has 1 saturated carbocycles. The molecule has 30 heavy (non-hydrogen) atoms. The average molecular weight is 417 g/mol. The fourth-order valence-electron chi connectivity index (χ4n) is 5.38. The summed E-state index contributed by atoms with van der Waals surface area (Å²) in [6.45, 7) is 8.55. The standard InChI is InChI=1S/C22H32N4O4/c1-3-30-21(28)22-6-4-19(25-8-10-29-11-9-25)12-18(22)5-7-26(15-22)20(27)17-13-23-16(2)24-14-17/h13-14,18-19H,3-12,15H2,1-2H3/t18-,19+,22-/m1/s1. The Kier molecular flexibility index (Phi) is 6.34. The van der Waals surface area contributed by atoms with Crippen molar-refractivity contribution < 1.29 is 19.1 Å². The quantitative estimate of drug-likeness (QED) is 0.691. The number of likely N-dealkylation sites (tertiary alicyclic amines) is 1. The number of rotatable bonds is 4. The van der Waals surface area contributed by atoms with E-state index in [-0.39, 0.29) is 17.8 Å². The van der Waals surface area contributed by atoms with Crippen molar-refractivity contribution >= 4 is 11.9 Å². The van der Waals surface area contributed by atoms with Gasteiger partial charge < -0.3 is 14.4 Å². The fraction of sp³-hybridized carbons (Fsp3) is 0.727. The zero-order chi connectivity index (χ0) is 21.1. The van der Waals surface area contributed by atoms with Crippen LogP contribution >= 0.6 is 0 Å². The molecule has 1 aliphatic carbocycles. The third-order valence-corrected chi connectivity index (χ3v) is 7.04. The zero-order valence-corrected chi connectivity index (χ0v) is 18.0. The van der Waals surface area contributed by atoms with Gasteiger partial charge in [0.25, 0.3) is 5.91 Å². The second-order valence-corrected chi connectivity index (χ2v) is 8.68. The van der Waals surface area contributed by atoms with Crippen LogP contribution in [0.3, 0.4) is 0 Å². The lowest BCUT2D eigenvalue weighted by Gasteiger charge is -2.52. The molecule has 1 amide bonds. The second kappa shape index (κ2) is 8.98. The number of fused-ring (bicyclic) bond motifs is 1. The molecule has 0 N–H and O–H groups in total. The SMILES string of the molecule is CCOC(=O)[C@@]12CC[C@H](N3CCOCC3)C[C@H]1CCN(C(=O)c1cnc(C)nc1)C2. The summed E-state index contributed by atoms with van der Waals surface area (Å²) in [5.41, 5.74) is -0.141. The van der Waals surface area contributed by atoms with E-state index < -0.39 is 5.41 Å². The van der Waals surface area contributed by atoms with Gasteiger partial charge in [-0.15, -0.1) is 0 Å². The molecule has 3 aliphatic rings. The number of esters is 1. The van der Waals surface area contributed by atoms with Gasteiger partial charge in [0.05, 0.1) is 30.8 Å². The van der Waals surface area contributed by atoms with E-state index in [9.17, 15) is 9.59 Å². The number of piperidine rings is 1. The molecule has 3 atom stereocenters. The van der Waals surface area contributed by atoms with Crippen molar-refractivity contribution in [2.24, 2.45) is 11.3 Å². The Bertz CT molecular complexity index is 765. The maximum absolute atomic E-state index is 13.2. The minimum atomic E-state index is -0.613. The average Bonchev–Trinajstić information content (AvgIpc) is 2.79. The van der Waals surface area contributed by atoms with Crippen LogP contribution in [0.25, 0.3) is 0 Å². The van der Waals surface area contributed by atoms with Crippen LogP contribution in [0.2, 0.25) is 0 Å². The number of morpholine rings is 1. The molecule has 0 aromatic carbocycles. The van der Waals surface area contributed by atoms with Crippen LogP contribution in [-0.2, 0) is 14.3 Å². The third kappa shape index (κ3) is 4.07. The Hall–Kier alpha value is -2.06. The molecule has 3 heterocycles. The summed E-state index contributed by atoms with van der Waals surface area (Å²) >= 11 is 0. The smallest absolute Gasteiger partial charge is 0.314 e.